The minimum absolute atomic E-state index is 0.180. The normalized spacial score (nSPS) is 13.6. The third-order valence-electron chi connectivity index (χ3n) is 4.73. The number of aryl methyl sites for hydroxylation is 1. The Morgan fingerprint density at radius 3 is 2.60 bits per heavy atom. The second-order valence-corrected chi connectivity index (χ2v) is 6.33. The van der Waals surface area contributed by atoms with Crippen molar-refractivity contribution < 1.29 is 4.79 Å². The number of ketones is 1. The molecule has 0 spiro atoms. The van der Waals surface area contributed by atoms with Gasteiger partial charge in [-0.2, -0.15) is 0 Å². The summed E-state index contributed by atoms with van der Waals surface area (Å²) >= 11 is 0. The molecule has 0 aliphatic heterocycles. The minimum atomic E-state index is 0.180. The van der Waals surface area contributed by atoms with Crippen molar-refractivity contribution in [3.8, 4) is 5.69 Å². The summed E-state index contributed by atoms with van der Waals surface area (Å²) in [4.78, 5) is 12.6. The van der Waals surface area contributed by atoms with Crippen LogP contribution in [0, 0.1) is 0 Å². The Morgan fingerprint density at radius 2 is 1.80 bits per heavy atom. The summed E-state index contributed by atoms with van der Waals surface area (Å²) in [6.07, 6.45) is 3.28. The summed E-state index contributed by atoms with van der Waals surface area (Å²) in [6.45, 7) is 2.13. The summed E-state index contributed by atoms with van der Waals surface area (Å²) in [5.74, 6) is 0.851. The first-order chi connectivity index (χ1) is 12.3. The molecule has 0 bridgehead atoms. The van der Waals surface area contributed by atoms with Gasteiger partial charge >= 0.3 is 0 Å². The summed E-state index contributed by atoms with van der Waals surface area (Å²) in [5.41, 5.74) is 4.99. The van der Waals surface area contributed by atoms with E-state index in [0.29, 0.717) is 12.2 Å². The molecule has 1 aromatic heterocycles. The van der Waals surface area contributed by atoms with E-state index < -0.39 is 0 Å². The zero-order valence-electron chi connectivity index (χ0n) is 14.3. The molecule has 0 unspecified atom stereocenters. The number of Topliss-reactive ketones (excluding diaryl/α,β-unsaturated/α-hetero) is 1. The lowest BCUT2D eigenvalue weighted by molar-refractivity contribution is 0.0973. The average molecular weight is 331 g/mol. The van der Waals surface area contributed by atoms with Gasteiger partial charge in [-0.25, -0.2) is 4.68 Å². The Balaban J connectivity index is 1.83. The van der Waals surface area contributed by atoms with Gasteiger partial charge < -0.3 is 5.32 Å². The molecule has 2 aromatic carbocycles. The number of fused-ring (bicyclic) bond motifs is 1. The molecule has 0 atom stereocenters. The maximum absolute atomic E-state index is 12.6. The standard InChI is InChI=1S/C21H21N3O/c1-2-15-9-6-7-12-17(15)22-21-20-18(13-8-14-19(20)25)24(23-21)16-10-4-3-5-11-16/h3-7,9-12H,2,8,13-14H2,1H3,(H,22,23). The van der Waals surface area contributed by atoms with E-state index in [1.165, 1.54) is 5.56 Å². The van der Waals surface area contributed by atoms with Gasteiger partial charge in [-0.15, -0.1) is 5.10 Å². The van der Waals surface area contributed by atoms with Crippen LogP contribution >= 0.6 is 0 Å². The first kappa shape index (κ1) is 15.6. The molecule has 25 heavy (non-hydrogen) atoms. The zero-order valence-corrected chi connectivity index (χ0v) is 14.3. The highest BCUT2D eigenvalue weighted by molar-refractivity contribution is 6.03. The van der Waals surface area contributed by atoms with Gasteiger partial charge in [0.1, 0.15) is 0 Å². The molecular formula is C21H21N3O. The van der Waals surface area contributed by atoms with Gasteiger partial charge in [-0.05, 0) is 43.0 Å². The van der Waals surface area contributed by atoms with Gasteiger partial charge in [0, 0.05) is 12.1 Å². The number of para-hydroxylation sites is 2. The Labute approximate surface area is 147 Å². The van der Waals surface area contributed by atoms with E-state index in [-0.39, 0.29) is 5.78 Å². The Hall–Kier alpha value is -2.88. The van der Waals surface area contributed by atoms with Crippen LogP contribution in [0.1, 0.15) is 41.4 Å². The van der Waals surface area contributed by atoms with Crippen LogP contribution in [0.25, 0.3) is 5.69 Å². The predicted octanol–water partition coefficient (Wildman–Crippen LogP) is 4.70. The Morgan fingerprint density at radius 1 is 1.04 bits per heavy atom. The van der Waals surface area contributed by atoms with E-state index >= 15 is 0 Å². The first-order valence-corrected chi connectivity index (χ1v) is 8.83. The van der Waals surface area contributed by atoms with E-state index in [4.69, 9.17) is 5.10 Å². The van der Waals surface area contributed by atoms with E-state index in [2.05, 4.69) is 18.3 Å². The monoisotopic (exact) mass is 331 g/mol. The highest BCUT2D eigenvalue weighted by Gasteiger charge is 2.27. The second-order valence-electron chi connectivity index (χ2n) is 6.33. The van der Waals surface area contributed by atoms with Crippen molar-refractivity contribution >= 4 is 17.3 Å². The molecule has 4 heteroatoms. The number of anilines is 2. The molecule has 1 aliphatic rings. The van der Waals surface area contributed by atoms with Gasteiger partial charge in [0.15, 0.2) is 11.6 Å². The lowest BCUT2D eigenvalue weighted by Gasteiger charge is -2.14. The summed E-state index contributed by atoms with van der Waals surface area (Å²) in [5, 5.41) is 8.19. The molecule has 1 heterocycles. The van der Waals surface area contributed by atoms with Gasteiger partial charge in [-0.3, -0.25) is 4.79 Å². The van der Waals surface area contributed by atoms with Gasteiger partial charge in [0.25, 0.3) is 0 Å². The predicted molar refractivity (Wildman–Crippen MR) is 99.9 cm³/mol. The quantitative estimate of drug-likeness (QED) is 0.754. The fourth-order valence-corrected chi connectivity index (χ4v) is 3.47. The van der Waals surface area contributed by atoms with Crippen LogP contribution in [0.2, 0.25) is 0 Å². The van der Waals surface area contributed by atoms with Crippen LogP contribution in [0.3, 0.4) is 0 Å². The first-order valence-electron chi connectivity index (χ1n) is 8.83. The molecule has 0 fully saturated rings. The number of rotatable bonds is 4. The van der Waals surface area contributed by atoms with Crippen molar-refractivity contribution in [3.05, 3.63) is 71.4 Å². The summed E-state index contributed by atoms with van der Waals surface area (Å²) < 4.78 is 1.92. The van der Waals surface area contributed by atoms with Crippen LogP contribution < -0.4 is 5.32 Å². The maximum atomic E-state index is 12.6. The van der Waals surface area contributed by atoms with Crippen molar-refractivity contribution in [2.75, 3.05) is 5.32 Å². The Kier molecular flexibility index (Phi) is 4.10. The van der Waals surface area contributed by atoms with Crippen LogP contribution in [0.15, 0.2) is 54.6 Å². The van der Waals surface area contributed by atoms with Crippen LogP contribution in [0.4, 0.5) is 11.5 Å². The van der Waals surface area contributed by atoms with E-state index in [0.717, 1.165) is 41.9 Å². The molecule has 0 saturated carbocycles. The highest BCUT2D eigenvalue weighted by Crippen LogP contribution is 2.32. The van der Waals surface area contributed by atoms with Crippen molar-refractivity contribution in [2.24, 2.45) is 0 Å². The van der Waals surface area contributed by atoms with E-state index in [1.54, 1.807) is 0 Å². The number of carbonyl (C=O) groups is 1. The summed E-state index contributed by atoms with van der Waals surface area (Å²) in [7, 11) is 0. The van der Waals surface area contributed by atoms with E-state index in [1.807, 2.05) is 53.2 Å². The average Bonchev–Trinajstić information content (AvgIpc) is 3.03. The number of hydrogen-bond donors (Lipinski definition) is 1. The third kappa shape index (κ3) is 2.84. The molecule has 3 aromatic rings. The lowest BCUT2D eigenvalue weighted by Crippen LogP contribution is -2.13. The molecule has 0 saturated heterocycles. The van der Waals surface area contributed by atoms with Crippen molar-refractivity contribution in [1.82, 2.24) is 9.78 Å². The molecule has 0 amide bonds. The minimum Gasteiger partial charge on any atom is -0.338 e. The highest BCUT2D eigenvalue weighted by atomic mass is 16.1. The van der Waals surface area contributed by atoms with E-state index in [9.17, 15) is 4.79 Å². The number of nitrogens with one attached hydrogen (secondary N) is 1. The topological polar surface area (TPSA) is 46.9 Å². The number of aromatic nitrogens is 2. The Bertz CT molecular complexity index is 912. The fourth-order valence-electron chi connectivity index (χ4n) is 3.47. The van der Waals surface area contributed by atoms with Crippen LogP contribution in [-0.2, 0) is 12.8 Å². The molecule has 4 nitrogen and oxygen atoms in total. The molecule has 4 rings (SSSR count). The smallest absolute Gasteiger partial charge is 0.168 e. The largest absolute Gasteiger partial charge is 0.338 e. The number of nitrogens with zero attached hydrogens (tertiary/aromatic N) is 2. The molecule has 126 valence electrons. The van der Waals surface area contributed by atoms with Crippen LogP contribution in [-0.4, -0.2) is 15.6 Å². The molecule has 1 aliphatic carbocycles. The van der Waals surface area contributed by atoms with Crippen molar-refractivity contribution in [3.63, 3.8) is 0 Å². The molecule has 0 radical (unpaired) electrons. The molecular weight excluding hydrogens is 310 g/mol. The number of benzene rings is 2. The van der Waals surface area contributed by atoms with Gasteiger partial charge in [0.05, 0.1) is 16.9 Å². The van der Waals surface area contributed by atoms with Crippen molar-refractivity contribution in [1.29, 1.82) is 0 Å². The summed E-state index contributed by atoms with van der Waals surface area (Å²) in [6, 6.07) is 18.2. The lowest BCUT2D eigenvalue weighted by atomic mass is 9.95. The zero-order chi connectivity index (χ0) is 17.2. The third-order valence-corrected chi connectivity index (χ3v) is 4.73. The SMILES string of the molecule is CCc1ccccc1Nc1nn(-c2ccccc2)c2c1C(=O)CCC2. The van der Waals surface area contributed by atoms with Gasteiger partial charge in [0.2, 0.25) is 0 Å². The van der Waals surface area contributed by atoms with Gasteiger partial charge in [-0.1, -0.05) is 43.3 Å². The maximum Gasteiger partial charge on any atom is 0.168 e. The molecule has 1 N–H and O–H groups in total. The van der Waals surface area contributed by atoms with Crippen molar-refractivity contribution in [2.45, 2.75) is 32.6 Å². The van der Waals surface area contributed by atoms with Crippen LogP contribution in [0.5, 0.6) is 0 Å². The second kappa shape index (κ2) is 6.55. The number of carbonyl (C=O) groups excluding carboxylic acids is 1. The fraction of sp³-hybridized carbons (Fsp3) is 0.238. The number of hydrogen-bond acceptors (Lipinski definition) is 3.